The van der Waals surface area contributed by atoms with E-state index < -0.39 is 11.7 Å². The lowest BCUT2D eigenvalue weighted by atomic mass is 10.1. The molecule has 0 aliphatic rings. The third kappa shape index (κ3) is 2.42. The van der Waals surface area contributed by atoms with Crippen molar-refractivity contribution in [3.8, 4) is 11.5 Å². The molecule has 1 rings (SSSR count). The molecule has 0 aliphatic heterocycles. The van der Waals surface area contributed by atoms with Crippen LogP contribution in [0.15, 0.2) is 12.1 Å². The minimum absolute atomic E-state index is 0.0690. The van der Waals surface area contributed by atoms with Gasteiger partial charge in [0.2, 0.25) is 0 Å². The summed E-state index contributed by atoms with van der Waals surface area (Å²) in [4.78, 5) is 0. The standard InChI is InChI=1S/C10H10BrF3O2/c1-15-7-4-3-6(5-11)8(9(7)16-2)10(12,13)14/h3-4H,5H2,1-2H3. The van der Waals surface area contributed by atoms with Crippen molar-refractivity contribution in [2.24, 2.45) is 0 Å². The molecule has 0 atom stereocenters. The highest BCUT2D eigenvalue weighted by atomic mass is 79.9. The fraction of sp³-hybridized carbons (Fsp3) is 0.400. The second-order valence-corrected chi connectivity index (χ2v) is 3.53. The van der Waals surface area contributed by atoms with Gasteiger partial charge >= 0.3 is 6.18 Å². The first-order valence-corrected chi connectivity index (χ1v) is 5.44. The van der Waals surface area contributed by atoms with E-state index in [-0.39, 0.29) is 22.4 Å². The predicted octanol–water partition coefficient (Wildman–Crippen LogP) is 3.62. The lowest BCUT2D eigenvalue weighted by molar-refractivity contribution is -0.139. The minimum Gasteiger partial charge on any atom is -0.493 e. The van der Waals surface area contributed by atoms with Gasteiger partial charge in [-0.1, -0.05) is 22.0 Å². The summed E-state index contributed by atoms with van der Waals surface area (Å²) in [6.07, 6.45) is -4.47. The SMILES string of the molecule is COc1ccc(CBr)c(C(F)(F)F)c1OC. The van der Waals surface area contributed by atoms with Crippen LogP contribution in [0, 0.1) is 0 Å². The lowest BCUT2D eigenvalue weighted by Crippen LogP contribution is -2.11. The topological polar surface area (TPSA) is 18.5 Å². The van der Waals surface area contributed by atoms with Crippen molar-refractivity contribution in [1.82, 2.24) is 0 Å². The summed E-state index contributed by atoms with van der Waals surface area (Å²) < 4.78 is 48.1. The zero-order chi connectivity index (χ0) is 12.3. The summed E-state index contributed by atoms with van der Waals surface area (Å²) in [5.41, 5.74) is -0.684. The molecule has 0 fully saturated rings. The molecule has 0 saturated heterocycles. The largest absolute Gasteiger partial charge is 0.493 e. The molecule has 0 heterocycles. The molecule has 6 heteroatoms. The van der Waals surface area contributed by atoms with Gasteiger partial charge < -0.3 is 9.47 Å². The van der Waals surface area contributed by atoms with E-state index >= 15 is 0 Å². The fourth-order valence-corrected chi connectivity index (χ4v) is 1.86. The van der Waals surface area contributed by atoms with Crippen LogP contribution in [0.2, 0.25) is 0 Å². The van der Waals surface area contributed by atoms with Crippen LogP contribution in [0.4, 0.5) is 13.2 Å². The highest BCUT2D eigenvalue weighted by Gasteiger charge is 2.38. The maximum Gasteiger partial charge on any atom is 0.420 e. The number of methoxy groups -OCH3 is 2. The molecule has 0 bridgehead atoms. The molecule has 16 heavy (non-hydrogen) atoms. The molecule has 1 aromatic carbocycles. The van der Waals surface area contributed by atoms with Crippen molar-refractivity contribution in [3.05, 3.63) is 23.3 Å². The van der Waals surface area contributed by atoms with Crippen molar-refractivity contribution in [1.29, 1.82) is 0 Å². The lowest BCUT2D eigenvalue weighted by Gasteiger charge is -2.17. The van der Waals surface area contributed by atoms with Crippen LogP contribution >= 0.6 is 15.9 Å². The van der Waals surface area contributed by atoms with Gasteiger partial charge in [-0.25, -0.2) is 0 Å². The number of halogens is 4. The quantitative estimate of drug-likeness (QED) is 0.794. The molecule has 0 spiro atoms. The first kappa shape index (κ1) is 13.2. The summed E-state index contributed by atoms with van der Waals surface area (Å²) in [6.45, 7) is 0. The molecule has 0 radical (unpaired) electrons. The smallest absolute Gasteiger partial charge is 0.420 e. The van der Waals surface area contributed by atoms with E-state index in [9.17, 15) is 13.2 Å². The third-order valence-corrected chi connectivity index (χ3v) is 2.66. The van der Waals surface area contributed by atoms with Crippen molar-refractivity contribution in [2.75, 3.05) is 14.2 Å². The van der Waals surface area contributed by atoms with Crippen molar-refractivity contribution < 1.29 is 22.6 Å². The Kier molecular flexibility index (Phi) is 4.07. The Hall–Kier alpha value is -0.910. The summed E-state index contributed by atoms with van der Waals surface area (Å²) in [7, 11) is 2.48. The van der Waals surface area contributed by atoms with E-state index in [1.165, 1.54) is 26.4 Å². The van der Waals surface area contributed by atoms with Crippen LogP contribution in [-0.4, -0.2) is 14.2 Å². The van der Waals surface area contributed by atoms with E-state index in [0.717, 1.165) is 0 Å². The molecular formula is C10H10BrF3O2. The zero-order valence-corrected chi connectivity index (χ0v) is 10.3. The van der Waals surface area contributed by atoms with Gasteiger partial charge in [0.05, 0.1) is 14.2 Å². The number of rotatable bonds is 3. The Balaban J connectivity index is 3.49. The second kappa shape index (κ2) is 4.95. The Bertz CT molecular complexity index is 377. The van der Waals surface area contributed by atoms with E-state index in [1.807, 2.05) is 0 Å². The highest BCUT2D eigenvalue weighted by Crippen LogP contribution is 2.44. The first-order chi connectivity index (χ1) is 7.45. The van der Waals surface area contributed by atoms with Crippen LogP contribution in [0.3, 0.4) is 0 Å². The van der Waals surface area contributed by atoms with Crippen LogP contribution in [-0.2, 0) is 11.5 Å². The van der Waals surface area contributed by atoms with E-state index in [4.69, 9.17) is 9.47 Å². The maximum atomic E-state index is 12.8. The van der Waals surface area contributed by atoms with E-state index in [2.05, 4.69) is 15.9 Å². The van der Waals surface area contributed by atoms with Gasteiger partial charge in [-0.2, -0.15) is 13.2 Å². The van der Waals surface area contributed by atoms with Crippen molar-refractivity contribution >= 4 is 15.9 Å². The maximum absolute atomic E-state index is 12.8. The normalized spacial score (nSPS) is 11.4. The Morgan fingerprint density at radius 1 is 1.19 bits per heavy atom. The number of alkyl halides is 4. The molecule has 2 nitrogen and oxygen atoms in total. The molecular weight excluding hydrogens is 289 g/mol. The van der Waals surface area contributed by atoms with Gasteiger partial charge in [0, 0.05) is 5.33 Å². The monoisotopic (exact) mass is 298 g/mol. The van der Waals surface area contributed by atoms with Crippen LogP contribution in [0.1, 0.15) is 11.1 Å². The van der Waals surface area contributed by atoms with E-state index in [1.54, 1.807) is 0 Å². The van der Waals surface area contributed by atoms with Gasteiger partial charge in [0.1, 0.15) is 5.56 Å². The average molecular weight is 299 g/mol. The molecule has 0 aromatic heterocycles. The molecule has 1 aromatic rings. The Morgan fingerprint density at radius 2 is 1.81 bits per heavy atom. The summed E-state index contributed by atoms with van der Waals surface area (Å²) in [5.74, 6) is -0.216. The predicted molar refractivity (Wildman–Crippen MR) is 57.2 cm³/mol. The highest BCUT2D eigenvalue weighted by molar-refractivity contribution is 9.08. The molecule has 0 unspecified atom stereocenters. The molecule has 90 valence electrons. The van der Waals surface area contributed by atoms with Gasteiger partial charge in [0.15, 0.2) is 11.5 Å². The second-order valence-electron chi connectivity index (χ2n) is 2.97. The van der Waals surface area contributed by atoms with Crippen LogP contribution < -0.4 is 9.47 Å². The van der Waals surface area contributed by atoms with Crippen LogP contribution in [0.5, 0.6) is 11.5 Å². The van der Waals surface area contributed by atoms with Gasteiger partial charge in [-0.3, -0.25) is 0 Å². The molecule has 0 amide bonds. The van der Waals surface area contributed by atoms with Gasteiger partial charge in [-0.05, 0) is 11.6 Å². The number of ether oxygens (including phenoxy) is 2. The first-order valence-electron chi connectivity index (χ1n) is 4.32. The van der Waals surface area contributed by atoms with Crippen LogP contribution in [0.25, 0.3) is 0 Å². The number of benzene rings is 1. The Morgan fingerprint density at radius 3 is 2.19 bits per heavy atom. The summed E-state index contributed by atoms with van der Waals surface area (Å²) in [6, 6.07) is 2.81. The fourth-order valence-electron chi connectivity index (χ4n) is 1.39. The molecule has 0 N–H and O–H groups in total. The summed E-state index contributed by atoms with van der Waals surface area (Å²) >= 11 is 3.01. The van der Waals surface area contributed by atoms with Gasteiger partial charge in [0.25, 0.3) is 0 Å². The molecule has 0 saturated carbocycles. The minimum atomic E-state index is -4.47. The van der Waals surface area contributed by atoms with Crippen molar-refractivity contribution in [3.63, 3.8) is 0 Å². The van der Waals surface area contributed by atoms with Gasteiger partial charge in [-0.15, -0.1) is 0 Å². The average Bonchev–Trinajstić information content (AvgIpc) is 2.25. The Labute approximate surface area is 99.5 Å². The third-order valence-electron chi connectivity index (χ3n) is 2.06. The number of hydrogen-bond acceptors (Lipinski definition) is 2. The summed E-state index contributed by atoms with van der Waals surface area (Å²) in [5, 5.41) is 0.0994. The zero-order valence-electron chi connectivity index (χ0n) is 8.69. The number of hydrogen-bond donors (Lipinski definition) is 0. The van der Waals surface area contributed by atoms with E-state index in [0.29, 0.717) is 0 Å². The molecule has 0 aliphatic carbocycles. The van der Waals surface area contributed by atoms with Crippen molar-refractivity contribution in [2.45, 2.75) is 11.5 Å².